The van der Waals surface area contributed by atoms with Gasteiger partial charge >= 0.3 is 0 Å². The number of nitrogens with one attached hydrogen (secondary N) is 2. The van der Waals surface area contributed by atoms with Gasteiger partial charge in [0.05, 0.1) is 0 Å². The number of nitrogens with two attached hydrogens (primary N) is 1. The van der Waals surface area contributed by atoms with Crippen molar-refractivity contribution in [1.82, 2.24) is 5.43 Å². The predicted octanol–water partition coefficient (Wildman–Crippen LogP) is 3.95. The smallest absolute Gasteiger partial charge is 0.221 e. The van der Waals surface area contributed by atoms with Crippen molar-refractivity contribution in [2.45, 2.75) is 13.5 Å². The number of amides is 1. The van der Waals surface area contributed by atoms with Gasteiger partial charge in [-0.15, -0.1) is 11.3 Å². The number of anilines is 1. The molecule has 0 atom stereocenters. The van der Waals surface area contributed by atoms with Crippen LogP contribution in [0.15, 0.2) is 60.0 Å². The second kappa shape index (κ2) is 10.2. The molecule has 6 heteroatoms. The third-order valence-electron chi connectivity index (χ3n) is 3.77. The fraction of sp³-hybridized carbons (Fsp3) is 0.150. The number of carbonyl (C=O) groups excluding carboxylic acids is 1. The molecule has 2 aromatic carbocycles. The molecule has 0 unspecified atom stereocenters. The molecule has 26 heavy (non-hydrogen) atoms. The maximum absolute atomic E-state index is 8.94. The van der Waals surface area contributed by atoms with E-state index in [2.05, 4.69) is 65.9 Å². The van der Waals surface area contributed by atoms with E-state index in [1.165, 1.54) is 21.6 Å². The zero-order valence-electron chi connectivity index (χ0n) is 14.9. The molecule has 3 rings (SSSR count). The summed E-state index contributed by atoms with van der Waals surface area (Å²) in [6, 6.07) is 18.7. The van der Waals surface area contributed by atoms with Crippen LogP contribution in [0.25, 0.3) is 10.4 Å². The first kappa shape index (κ1) is 19.5. The second-order valence-electron chi connectivity index (χ2n) is 5.43. The number of thiophene rings is 1. The molecule has 4 N–H and O–H groups in total. The van der Waals surface area contributed by atoms with Crippen LogP contribution >= 0.6 is 11.3 Å². The van der Waals surface area contributed by atoms with E-state index in [4.69, 9.17) is 9.53 Å². The van der Waals surface area contributed by atoms with Gasteiger partial charge < -0.3 is 10.1 Å². The Morgan fingerprint density at radius 2 is 1.92 bits per heavy atom. The number of carbonyl (C=O) groups is 1. The van der Waals surface area contributed by atoms with Crippen molar-refractivity contribution in [2.24, 2.45) is 5.84 Å². The van der Waals surface area contributed by atoms with Gasteiger partial charge in [-0.2, -0.15) is 0 Å². The molecule has 136 valence electrons. The number of hydrogen-bond donors (Lipinski definition) is 3. The lowest BCUT2D eigenvalue weighted by Gasteiger charge is -2.14. The zero-order valence-corrected chi connectivity index (χ0v) is 15.7. The Labute approximate surface area is 157 Å². The Balaban J connectivity index is 0.000000552. The number of ether oxygens (including phenoxy) is 1. The highest BCUT2D eigenvalue weighted by Gasteiger charge is 2.06. The summed E-state index contributed by atoms with van der Waals surface area (Å²) in [5, 5.41) is 5.32. The van der Waals surface area contributed by atoms with Gasteiger partial charge in [-0.05, 0) is 47.7 Å². The molecule has 1 heterocycles. The third-order valence-corrected chi connectivity index (χ3v) is 4.69. The average Bonchev–Trinajstić information content (AvgIpc) is 3.22. The highest BCUT2D eigenvalue weighted by Crippen LogP contribution is 2.28. The van der Waals surface area contributed by atoms with Gasteiger partial charge in [-0.3, -0.25) is 10.2 Å². The van der Waals surface area contributed by atoms with Gasteiger partial charge in [0.25, 0.3) is 0 Å². The molecule has 0 aliphatic carbocycles. The fourth-order valence-corrected chi connectivity index (χ4v) is 3.19. The number of aryl methyl sites for hydroxylation is 1. The molecule has 3 aromatic rings. The average molecular weight is 369 g/mol. The van der Waals surface area contributed by atoms with Gasteiger partial charge in [0.2, 0.25) is 6.41 Å². The molecule has 1 amide bonds. The lowest BCUT2D eigenvalue weighted by Crippen LogP contribution is -2.18. The van der Waals surface area contributed by atoms with E-state index in [-0.39, 0.29) is 0 Å². The first-order valence-corrected chi connectivity index (χ1v) is 9.00. The molecule has 0 aliphatic rings. The number of rotatable bonds is 6. The summed E-state index contributed by atoms with van der Waals surface area (Å²) in [5.41, 5.74) is 6.51. The van der Waals surface area contributed by atoms with E-state index in [0.717, 1.165) is 11.4 Å². The molecule has 0 aliphatic heterocycles. The van der Waals surface area contributed by atoms with Crippen LogP contribution in [0.4, 0.5) is 5.69 Å². The van der Waals surface area contributed by atoms with Crippen molar-refractivity contribution >= 4 is 23.4 Å². The van der Waals surface area contributed by atoms with Crippen molar-refractivity contribution in [3.63, 3.8) is 0 Å². The summed E-state index contributed by atoms with van der Waals surface area (Å²) in [4.78, 5) is 10.2. The number of hydrogen-bond acceptors (Lipinski definition) is 5. The monoisotopic (exact) mass is 369 g/mol. The normalized spacial score (nSPS) is 9.65. The third kappa shape index (κ3) is 5.34. The standard InChI is InChI=1S/C19H19NOS.CH4N2O/c1-14-6-3-9-18(20-2)17(14)13-21-16-8-4-7-15(12-16)19-10-5-11-22-19;2-3-1-4/h3-12,20H,13H2,1-2H3;1H,2H2,(H,3,4). The van der Waals surface area contributed by atoms with Gasteiger partial charge in [-0.1, -0.05) is 30.3 Å². The van der Waals surface area contributed by atoms with Gasteiger partial charge in [0.1, 0.15) is 12.4 Å². The Morgan fingerprint density at radius 3 is 2.58 bits per heavy atom. The van der Waals surface area contributed by atoms with Crippen molar-refractivity contribution in [3.05, 3.63) is 71.1 Å². The first-order valence-electron chi connectivity index (χ1n) is 8.12. The van der Waals surface area contributed by atoms with E-state index in [1.807, 2.05) is 19.2 Å². The van der Waals surface area contributed by atoms with Gasteiger partial charge in [0, 0.05) is 23.2 Å². The van der Waals surface area contributed by atoms with Crippen LogP contribution in [0.1, 0.15) is 11.1 Å². The minimum absolute atomic E-state index is 0.403. The predicted molar refractivity (Wildman–Crippen MR) is 108 cm³/mol. The SMILES string of the molecule is CNc1cccc(C)c1COc1cccc(-c2cccs2)c1.NNC=O. The van der Waals surface area contributed by atoms with Crippen LogP contribution in [0.5, 0.6) is 5.75 Å². The molecule has 0 bridgehead atoms. The Kier molecular flexibility index (Phi) is 7.67. The van der Waals surface area contributed by atoms with Crippen molar-refractivity contribution < 1.29 is 9.53 Å². The highest BCUT2D eigenvalue weighted by atomic mass is 32.1. The van der Waals surface area contributed by atoms with Crippen molar-refractivity contribution in [2.75, 3.05) is 12.4 Å². The molecule has 5 nitrogen and oxygen atoms in total. The molecule has 0 saturated heterocycles. The number of benzene rings is 2. The van der Waals surface area contributed by atoms with E-state index in [0.29, 0.717) is 13.0 Å². The minimum atomic E-state index is 0.403. The maximum atomic E-state index is 8.94. The molecule has 1 aromatic heterocycles. The summed E-state index contributed by atoms with van der Waals surface area (Å²) in [7, 11) is 1.94. The van der Waals surface area contributed by atoms with Crippen molar-refractivity contribution in [3.8, 4) is 16.2 Å². The van der Waals surface area contributed by atoms with Gasteiger partial charge in [-0.25, -0.2) is 5.84 Å². The zero-order chi connectivity index (χ0) is 18.8. The fourth-order valence-electron chi connectivity index (χ4n) is 2.47. The van der Waals surface area contributed by atoms with Crippen LogP contribution in [-0.4, -0.2) is 13.5 Å². The molecule has 0 fully saturated rings. The van der Waals surface area contributed by atoms with Crippen LogP contribution in [0.2, 0.25) is 0 Å². The Hall–Kier alpha value is -2.83. The summed E-state index contributed by atoms with van der Waals surface area (Å²) in [6.07, 6.45) is 0.403. The molecule has 0 radical (unpaired) electrons. The van der Waals surface area contributed by atoms with Crippen LogP contribution in [-0.2, 0) is 11.4 Å². The molecule has 0 spiro atoms. The lowest BCUT2D eigenvalue weighted by atomic mass is 10.1. The minimum Gasteiger partial charge on any atom is -0.489 e. The lowest BCUT2D eigenvalue weighted by molar-refractivity contribution is -0.109. The van der Waals surface area contributed by atoms with E-state index < -0.39 is 0 Å². The largest absolute Gasteiger partial charge is 0.489 e. The van der Waals surface area contributed by atoms with E-state index >= 15 is 0 Å². The van der Waals surface area contributed by atoms with Crippen LogP contribution in [0.3, 0.4) is 0 Å². The Bertz CT molecular complexity index is 820. The molecule has 0 saturated carbocycles. The highest BCUT2D eigenvalue weighted by molar-refractivity contribution is 7.13. The summed E-state index contributed by atoms with van der Waals surface area (Å²) < 4.78 is 6.02. The summed E-state index contributed by atoms with van der Waals surface area (Å²) >= 11 is 1.74. The van der Waals surface area contributed by atoms with Crippen LogP contribution in [0, 0.1) is 6.92 Å². The summed E-state index contributed by atoms with van der Waals surface area (Å²) in [6.45, 7) is 2.68. The van der Waals surface area contributed by atoms with E-state index in [1.54, 1.807) is 16.8 Å². The number of hydrazine groups is 1. The topological polar surface area (TPSA) is 76.4 Å². The maximum Gasteiger partial charge on any atom is 0.221 e. The summed E-state index contributed by atoms with van der Waals surface area (Å²) in [5.74, 6) is 5.31. The second-order valence-corrected chi connectivity index (χ2v) is 6.38. The molecular formula is C20H23N3O2S. The van der Waals surface area contributed by atoms with Gasteiger partial charge in [0.15, 0.2) is 0 Å². The molecular weight excluding hydrogens is 346 g/mol. The van der Waals surface area contributed by atoms with Crippen LogP contribution < -0.4 is 21.3 Å². The quantitative estimate of drug-likeness (QED) is 0.266. The van der Waals surface area contributed by atoms with E-state index in [9.17, 15) is 0 Å². The first-order chi connectivity index (χ1) is 12.7. The Morgan fingerprint density at radius 1 is 1.15 bits per heavy atom. The van der Waals surface area contributed by atoms with Crippen molar-refractivity contribution in [1.29, 1.82) is 0 Å².